The summed E-state index contributed by atoms with van der Waals surface area (Å²) in [6, 6.07) is 0. The van der Waals surface area contributed by atoms with Crippen LogP contribution in [0, 0.1) is 0 Å². The molecule has 0 saturated carbocycles. The smallest absolute Gasteiger partial charge is 0.248 e. The van der Waals surface area contributed by atoms with Crippen LogP contribution in [0.1, 0.15) is 37.7 Å². The van der Waals surface area contributed by atoms with Gasteiger partial charge in [0.15, 0.2) is 0 Å². The Balaban J connectivity index is 2.22. The maximum atomic E-state index is 11.9. The van der Waals surface area contributed by atoms with Crippen LogP contribution in [-0.2, 0) is 27.9 Å². The van der Waals surface area contributed by atoms with Gasteiger partial charge < -0.3 is 9.64 Å². The fourth-order valence-corrected chi connectivity index (χ4v) is 2.34. The zero-order valence-electron chi connectivity index (χ0n) is 11.5. The normalized spacial score (nSPS) is 15.7. The second-order valence-electron chi connectivity index (χ2n) is 5.78. The van der Waals surface area contributed by atoms with Gasteiger partial charge in [-0.05, 0) is 0 Å². The molecule has 18 heavy (non-hydrogen) atoms. The average molecular weight is 251 g/mol. The van der Waals surface area contributed by atoms with Crippen LogP contribution in [0.4, 0.5) is 0 Å². The number of carbonyl (C=O) groups excluding carboxylic acids is 1. The quantitative estimate of drug-likeness (QED) is 0.860. The molecule has 0 spiro atoms. The topological polar surface area (TPSA) is 58.2 Å². The van der Waals surface area contributed by atoms with E-state index in [4.69, 9.17) is 4.74 Å². The molecule has 1 amide bonds. The summed E-state index contributed by atoms with van der Waals surface area (Å²) in [6.45, 7) is 7.94. The van der Waals surface area contributed by atoms with Gasteiger partial charge in [-0.25, -0.2) is 0 Å². The molecule has 0 bridgehead atoms. The van der Waals surface area contributed by atoms with Gasteiger partial charge >= 0.3 is 0 Å². The Hall–Kier alpha value is -1.36. The molecule has 1 aromatic rings. The Morgan fingerprint density at radius 2 is 2.22 bits per heavy atom. The standard InChI is InChI=1S/C13H21N3O2/c1-13(2,3)12-9-7-16(11(17)8-18-4)6-5-10(9)14-15-12/h5-8H2,1-4H3,(H,14,15). The molecule has 1 aromatic heterocycles. The molecule has 0 atom stereocenters. The van der Waals surface area contributed by atoms with E-state index in [0.717, 1.165) is 18.7 Å². The highest BCUT2D eigenvalue weighted by atomic mass is 16.5. The lowest BCUT2D eigenvalue weighted by Gasteiger charge is -2.28. The predicted octanol–water partition coefficient (Wildman–Crippen LogP) is 1.24. The molecule has 1 N–H and O–H groups in total. The molecule has 2 heterocycles. The number of aromatic amines is 1. The van der Waals surface area contributed by atoms with Gasteiger partial charge in [-0.3, -0.25) is 9.89 Å². The van der Waals surface area contributed by atoms with Gasteiger partial charge in [0.25, 0.3) is 0 Å². The zero-order valence-corrected chi connectivity index (χ0v) is 11.5. The third-order valence-electron chi connectivity index (χ3n) is 3.26. The van der Waals surface area contributed by atoms with Crippen molar-refractivity contribution in [2.75, 3.05) is 20.3 Å². The number of carbonyl (C=O) groups is 1. The Labute approximate surface area is 108 Å². The fourth-order valence-electron chi connectivity index (χ4n) is 2.34. The first-order chi connectivity index (χ1) is 8.43. The first-order valence-electron chi connectivity index (χ1n) is 6.26. The SMILES string of the molecule is COCC(=O)N1CCc2[nH]nc(C(C)(C)C)c2C1. The van der Waals surface area contributed by atoms with Crippen LogP contribution in [0.5, 0.6) is 0 Å². The van der Waals surface area contributed by atoms with Crippen LogP contribution >= 0.6 is 0 Å². The third kappa shape index (κ3) is 2.41. The van der Waals surface area contributed by atoms with Gasteiger partial charge in [-0.15, -0.1) is 0 Å². The molecule has 0 aromatic carbocycles. The summed E-state index contributed by atoms with van der Waals surface area (Å²) in [5.74, 6) is 0.0456. The van der Waals surface area contributed by atoms with Crippen molar-refractivity contribution in [1.82, 2.24) is 15.1 Å². The van der Waals surface area contributed by atoms with Crippen molar-refractivity contribution in [3.8, 4) is 0 Å². The highest BCUT2D eigenvalue weighted by molar-refractivity contribution is 5.77. The summed E-state index contributed by atoms with van der Waals surface area (Å²) < 4.78 is 4.91. The molecule has 0 aliphatic carbocycles. The van der Waals surface area contributed by atoms with Crippen molar-refractivity contribution in [3.05, 3.63) is 17.0 Å². The van der Waals surface area contributed by atoms with E-state index in [1.165, 1.54) is 11.3 Å². The van der Waals surface area contributed by atoms with Gasteiger partial charge in [0.2, 0.25) is 5.91 Å². The van der Waals surface area contributed by atoms with Crippen molar-refractivity contribution < 1.29 is 9.53 Å². The summed E-state index contributed by atoms with van der Waals surface area (Å²) >= 11 is 0. The number of nitrogens with zero attached hydrogens (tertiary/aromatic N) is 2. The lowest BCUT2D eigenvalue weighted by Crippen LogP contribution is -2.38. The van der Waals surface area contributed by atoms with Crippen molar-refractivity contribution in [2.24, 2.45) is 0 Å². The van der Waals surface area contributed by atoms with Gasteiger partial charge in [-0.1, -0.05) is 20.8 Å². The maximum Gasteiger partial charge on any atom is 0.248 e. The van der Waals surface area contributed by atoms with Crippen LogP contribution in [0.15, 0.2) is 0 Å². The van der Waals surface area contributed by atoms with Gasteiger partial charge in [0.1, 0.15) is 6.61 Å². The Morgan fingerprint density at radius 3 is 2.83 bits per heavy atom. The number of nitrogens with one attached hydrogen (secondary N) is 1. The number of H-pyrrole nitrogens is 1. The van der Waals surface area contributed by atoms with Crippen molar-refractivity contribution >= 4 is 5.91 Å². The van der Waals surface area contributed by atoms with Crippen LogP contribution in [0.3, 0.4) is 0 Å². The van der Waals surface area contributed by atoms with Crippen molar-refractivity contribution in [2.45, 2.75) is 39.2 Å². The van der Waals surface area contributed by atoms with Crippen molar-refractivity contribution in [1.29, 1.82) is 0 Å². The number of hydrogen-bond donors (Lipinski definition) is 1. The number of rotatable bonds is 2. The summed E-state index contributed by atoms with van der Waals surface area (Å²) in [5.41, 5.74) is 3.41. The Morgan fingerprint density at radius 1 is 1.50 bits per heavy atom. The monoisotopic (exact) mass is 251 g/mol. The molecule has 0 saturated heterocycles. The molecule has 2 rings (SSSR count). The van der Waals surface area contributed by atoms with Gasteiger partial charge in [0, 0.05) is 43.3 Å². The zero-order chi connectivity index (χ0) is 13.3. The van der Waals surface area contributed by atoms with Crippen LogP contribution in [-0.4, -0.2) is 41.3 Å². The molecule has 0 unspecified atom stereocenters. The second kappa shape index (κ2) is 4.72. The minimum absolute atomic E-state index is 0.00258. The largest absolute Gasteiger partial charge is 0.375 e. The van der Waals surface area contributed by atoms with Crippen LogP contribution < -0.4 is 0 Å². The first kappa shape index (κ1) is 13.1. The predicted molar refractivity (Wildman–Crippen MR) is 68.3 cm³/mol. The number of methoxy groups -OCH3 is 1. The lowest BCUT2D eigenvalue weighted by atomic mass is 9.87. The number of aromatic nitrogens is 2. The van der Waals surface area contributed by atoms with E-state index in [9.17, 15) is 4.79 Å². The van der Waals surface area contributed by atoms with Crippen LogP contribution in [0.25, 0.3) is 0 Å². The van der Waals surface area contributed by atoms with E-state index in [1.807, 2.05) is 4.90 Å². The fraction of sp³-hybridized carbons (Fsp3) is 0.692. The minimum Gasteiger partial charge on any atom is -0.375 e. The molecule has 100 valence electrons. The number of fused-ring (bicyclic) bond motifs is 1. The maximum absolute atomic E-state index is 11.9. The average Bonchev–Trinajstić information content (AvgIpc) is 2.71. The number of hydrogen-bond acceptors (Lipinski definition) is 3. The molecular weight excluding hydrogens is 230 g/mol. The van der Waals surface area contributed by atoms with Gasteiger partial charge in [-0.2, -0.15) is 5.10 Å². The first-order valence-corrected chi connectivity index (χ1v) is 6.26. The number of amides is 1. The second-order valence-corrected chi connectivity index (χ2v) is 5.78. The van der Waals surface area contributed by atoms with E-state index in [1.54, 1.807) is 7.11 Å². The van der Waals surface area contributed by atoms with E-state index in [0.29, 0.717) is 6.54 Å². The summed E-state index contributed by atoms with van der Waals surface area (Å²) in [5, 5.41) is 7.52. The highest BCUT2D eigenvalue weighted by Gasteiger charge is 2.29. The van der Waals surface area contributed by atoms with E-state index in [-0.39, 0.29) is 17.9 Å². The number of ether oxygens (including phenoxy) is 1. The molecule has 5 heteroatoms. The summed E-state index contributed by atoms with van der Waals surface area (Å²) in [6.07, 6.45) is 0.841. The van der Waals surface area contributed by atoms with E-state index >= 15 is 0 Å². The van der Waals surface area contributed by atoms with Crippen LogP contribution in [0.2, 0.25) is 0 Å². The molecule has 5 nitrogen and oxygen atoms in total. The Bertz CT molecular complexity index is 446. The molecule has 0 radical (unpaired) electrons. The van der Waals surface area contributed by atoms with E-state index in [2.05, 4.69) is 31.0 Å². The lowest BCUT2D eigenvalue weighted by molar-refractivity contribution is -0.136. The summed E-state index contributed by atoms with van der Waals surface area (Å²) in [7, 11) is 1.55. The highest BCUT2D eigenvalue weighted by Crippen LogP contribution is 2.29. The Kier molecular flexibility index (Phi) is 3.43. The molecule has 1 aliphatic heterocycles. The molecule has 0 fully saturated rings. The summed E-state index contributed by atoms with van der Waals surface area (Å²) in [4.78, 5) is 13.7. The molecular formula is C13H21N3O2. The van der Waals surface area contributed by atoms with Gasteiger partial charge in [0.05, 0.1) is 5.69 Å². The van der Waals surface area contributed by atoms with E-state index < -0.39 is 0 Å². The minimum atomic E-state index is -0.00258. The molecule has 1 aliphatic rings. The third-order valence-corrected chi connectivity index (χ3v) is 3.26. The van der Waals surface area contributed by atoms with Crippen molar-refractivity contribution in [3.63, 3.8) is 0 Å².